The molecule has 0 aromatic heterocycles. The van der Waals surface area contributed by atoms with Crippen LogP contribution in [0.5, 0.6) is 0 Å². The van der Waals surface area contributed by atoms with Gasteiger partial charge in [-0.05, 0) is 17.7 Å². The molecule has 0 saturated heterocycles. The van der Waals surface area contributed by atoms with Crippen molar-refractivity contribution < 1.29 is 0 Å². The Morgan fingerprint density at radius 3 is 1.75 bits per heavy atom. The van der Waals surface area contributed by atoms with E-state index in [1.807, 2.05) is 0 Å². The molecule has 0 nitrogen and oxygen atoms in total. The van der Waals surface area contributed by atoms with Gasteiger partial charge >= 0.3 is 0 Å². The van der Waals surface area contributed by atoms with Gasteiger partial charge in [-0.15, -0.1) is 0 Å². The average molecular weight is 130 g/mol. The molecule has 8 heavy (non-hydrogen) atoms. The molecule has 1 heteroatoms. The van der Waals surface area contributed by atoms with Crippen LogP contribution in [0.1, 0.15) is 39.5 Å². The minimum atomic E-state index is 1.14. The van der Waals surface area contributed by atoms with Gasteiger partial charge in [0.15, 0.2) is 0 Å². The van der Waals surface area contributed by atoms with Crippen molar-refractivity contribution in [2.24, 2.45) is 0 Å². The highest BCUT2D eigenvalue weighted by Gasteiger charge is 1.90. The van der Waals surface area contributed by atoms with Crippen LogP contribution in [0.15, 0.2) is 0 Å². The first-order valence-electron chi connectivity index (χ1n) is 3.33. The maximum Gasteiger partial charge on any atom is -0.00717 e. The lowest BCUT2D eigenvalue weighted by Crippen LogP contribution is -1.90. The largest absolute Gasteiger partial charge is 0.0897 e. The predicted molar refractivity (Wildman–Crippen MR) is 42.4 cm³/mol. The minimum Gasteiger partial charge on any atom is -0.0897 e. The monoisotopic (exact) mass is 130 g/mol. The van der Waals surface area contributed by atoms with Crippen LogP contribution in [0.25, 0.3) is 0 Å². The van der Waals surface area contributed by atoms with Crippen LogP contribution in [-0.2, 0) is 0 Å². The SMILES string of the molecule is CCCC(=S)CCC. The van der Waals surface area contributed by atoms with Crippen LogP contribution in [0.3, 0.4) is 0 Å². The standard InChI is InChI=1S/C7H14S/c1-3-5-7(8)6-4-2/h3-6H2,1-2H3. The van der Waals surface area contributed by atoms with Crippen LogP contribution in [-0.4, -0.2) is 4.86 Å². The van der Waals surface area contributed by atoms with E-state index in [-0.39, 0.29) is 0 Å². The number of rotatable bonds is 4. The summed E-state index contributed by atoms with van der Waals surface area (Å²) < 4.78 is 0. The van der Waals surface area contributed by atoms with E-state index in [0.717, 1.165) is 12.8 Å². The minimum absolute atomic E-state index is 1.14. The van der Waals surface area contributed by atoms with Crippen LogP contribution >= 0.6 is 12.2 Å². The van der Waals surface area contributed by atoms with Crippen molar-refractivity contribution in [2.75, 3.05) is 0 Å². The molecule has 0 aliphatic heterocycles. The highest BCUT2D eigenvalue weighted by Crippen LogP contribution is 1.98. The molecule has 0 heterocycles. The molecule has 0 bridgehead atoms. The summed E-state index contributed by atoms with van der Waals surface area (Å²) in [5, 5.41) is 0. The van der Waals surface area contributed by atoms with E-state index in [1.54, 1.807) is 0 Å². The van der Waals surface area contributed by atoms with Gasteiger partial charge in [-0.2, -0.15) is 0 Å². The van der Waals surface area contributed by atoms with Gasteiger partial charge in [-0.3, -0.25) is 0 Å². The first-order chi connectivity index (χ1) is 3.81. The first-order valence-corrected chi connectivity index (χ1v) is 3.73. The molecule has 0 atom stereocenters. The molecule has 0 rings (SSSR count). The number of hydrogen-bond acceptors (Lipinski definition) is 1. The topological polar surface area (TPSA) is 0 Å². The Bertz CT molecular complexity index is 58.8. The lowest BCUT2D eigenvalue weighted by atomic mass is 10.2. The van der Waals surface area contributed by atoms with E-state index in [4.69, 9.17) is 12.2 Å². The summed E-state index contributed by atoms with van der Waals surface area (Å²) in [6, 6.07) is 0. The maximum absolute atomic E-state index is 5.05. The number of hydrogen-bond donors (Lipinski definition) is 0. The van der Waals surface area contributed by atoms with Crippen molar-refractivity contribution in [3.05, 3.63) is 0 Å². The van der Waals surface area contributed by atoms with E-state index in [9.17, 15) is 0 Å². The van der Waals surface area contributed by atoms with Gasteiger partial charge in [0.05, 0.1) is 0 Å². The summed E-state index contributed by atoms with van der Waals surface area (Å²) in [7, 11) is 0. The highest BCUT2D eigenvalue weighted by atomic mass is 32.1. The second kappa shape index (κ2) is 5.23. The molecular formula is C7H14S. The van der Waals surface area contributed by atoms with Crippen LogP contribution < -0.4 is 0 Å². The summed E-state index contributed by atoms with van der Waals surface area (Å²) in [5.41, 5.74) is 0. The Balaban J connectivity index is 3.06. The van der Waals surface area contributed by atoms with Gasteiger partial charge in [0, 0.05) is 0 Å². The Kier molecular flexibility index (Phi) is 5.29. The van der Waals surface area contributed by atoms with Crippen molar-refractivity contribution in [3.8, 4) is 0 Å². The Morgan fingerprint density at radius 1 is 1.12 bits per heavy atom. The van der Waals surface area contributed by atoms with Crippen LogP contribution in [0.2, 0.25) is 0 Å². The van der Waals surface area contributed by atoms with Crippen molar-refractivity contribution in [3.63, 3.8) is 0 Å². The van der Waals surface area contributed by atoms with E-state index < -0.39 is 0 Å². The summed E-state index contributed by atoms with van der Waals surface area (Å²) in [6.07, 6.45) is 4.70. The van der Waals surface area contributed by atoms with Crippen molar-refractivity contribution in [1.82, 2.24) is 0 Å². The molecule has 0 spiro atoms. The summed E-state index contributed by atoms with van der Waals surface area (Å²) >= 11 is 5.05. The average Bonchev–Trinajstić information content (AvgIpc) is 1.68. The van der Waals surface area contributed by atoms with Crippen LogP contribution in [0.4, 0.5) is 0 Å². The van der Waals surface area contributed by atoms with E-state index in [1.165, 1.54) is 17.7 Å². The summed E-state index contributed by atoms with van der Waals surface area (Å²) in [4.78, 5) is 1.25. The highest BCUT2D eigenvalue weighted by molar-refractivity contribution is 7.80. The van der Waals surface area contributed by atoms with Crippen molar-refractivity contribution in [1.29, 1.82) is 0 Å². The van der Waals surface area contributed by atoms with E-state index >= 15 is 0 Å². The summed E-state index contributed by atoms with van der Waals surface area (Å²) in [6.45, 7) is 4.34. The third kappa shape index (κ3) is 4.25. The maximum atomic E-state index is 5.05. The molecule has 0 N–H and O–H groups in total. The van der Waals surface area contributed by atoms with Gasteiger partial charge in [-0.1, -0.05) is 38.9 Å². The van der Waals surface area contributed by atoms with Gasteiger partial charge in [-0.25, -0.2) is 0 Å². The molecule has 0 aromatic rings. The molecule has 0 unspecified atom stereocenters. The smallest absolute Gasteiger partial charge is 0.00717 e. The zero-order valence-corrected chi connectivity index (χ0v) is 6.55. The van der Waals surface area contributed by atoms with Gasteiger partial charge < -0.3 is 0 Å². The molecule has 0 amide bonds. The molecular weight excluding hydrogens is 116 g/mol. The van der Waals surface area contributed by atoms with E-state index in [0.29, 0.717) is 0 Å². The van der Waals surface area contributed by atoms with Gasteiger partial charge in [0.1, 0.15) is 0 Å². The van der Waals surface area contributed by atoms with E-state index in [2.05, 4.69) is 13.8 Å². The molecule has 0 aromatic carbocycles. The fourth-order valence-electron chi connectivity index (χ4n) is 0.683. The van der Waals surface area contributed by atoms with Crippen LogP contribution in [0, 0.1) is 0 Å². The third-order valence-corrected chi connectivity index (χ3v) is 1.47. The van der Waals surface area contributed by atoms with Crippen molar-refractivity contribution >= 4 is 17.1 Å². The lowest BCUT2D eigenvalue weighted by molar-refractivity contribution is 0.933. The molecule has 0 radical (unpaired) electrons. The normalized spacial score (nSPS) is 9.25. The molecule has 0 aliphatic rings. The number of thiocarbonyl (C=S) groups is 1. The molecule has 0 aliphatic carbocycles. The molecule has 0 saturated carbocycles. The summed E-state index contributed by atoms with van der Waals surface area (Å²) in [5.74, 6) is 0. The second-order valence-corrected chi connectivity index (χ2v) is 2.62. The zero-order chi connectivity index (χ0) is 6.41. The van der Waals surface area contributed by atoms with Gasteiger partial charge in [0.2, 0.25) is 0 Å². The fourth-order valence-corrected chi connectivity index (χ4v) is 1.09. The lowest BCUT2D eigenvalue weighted by Gasteiger charge is -1.95. The zero-order valence-electron chi connectivity index (χ0n) is 5.74. The predicted octanol–water partition coefficient (Wildman–Crippen LogP) is 2.96. The van der Waals surface area contributed by atoms with Crippen molar-refractivity contribution in [2.45, 2.75) is 39.5 Å². The molecule has 0 fully saturated rings. The third-order valence-electron chi connectivity index (χ3n) is 1.06. The first kappa shape index (κ1) is 8.09. The molecule has 48 valence electrons. The Labute approximate surface area is 57.3 Å². The second-order valence-electron chi connectivity index (χ2n) is 2.04. The quantitative estimate of drug-likeness (QED) is 0.527. The van der Waals surface area contributed by atoms with Gasteiger partial charge in [0.25, 0.3) is 0 Å². The Morgan fingerprint density at radius 2 is 1.50 bits per heavy atom. The fraction of sp³-hybridized carbons (Fsp3) is 0.857. The Hall–Kier alpha value is 0.0900.